The number of nitrogen functional groups attached to an aromatic ring is 1. The lowest BCUT2D eigenvalue weighted by atomic mass is 10.1. The van der Waals surface area contributed by atoms with E-state index in [2.05, 4.69) is 4.90 Å². The fourth-order valence-electron chi connectivity index (χ4n) is 2.20. The highest BCUT2D eigenvalue weighted by molar-refractivity contribution is 5.99. The molecule has 0 spiro atoms. The average Bonchev–Trinajstić information content (AvgIpc) is 2.42. The third-order valence-corrected chi connectivity index (χ3v) is 3.32. The van der Waals surface area contributed by atoms with E-state index < -0.39 is 5.82 Å². The van der Waals surface area contributed by atoms with Gasteiger partial charge in [-0.15, -0.1) is 0 Å². The number of carbonyl (C=O) groups is 1. The molecule has 1 saturated heterocycles. The van der Waals surface area contributed by atoms with Gasteiger partial charge >= 0.3 is 0 Å². The van der Waals surface area contributed by atoms with Crippen LogP contribution in [0.25, 0.3) is 0 Å². The fraction of sp³-hybridized carbons (Fsp3) is 0.462. The Labute approximate surface area is 111 Å². The summed E-state index contributed by atoms with van der Waals surface area (Å²) < 4.78 is 13.2. The average molecular weight is 267 g/mol. The number of aliphatic hydroxyl groups excluding tert-OH is 1. The van der Waals surface area contributed by atoms with Crippen molar-refractivity contribution in [1.82, 2.24) is 9.80 Å². The van der Waals surface area contributed by atoms with Crippen LogP contribution in [-0.4, -0.2) is 60.1 Å². The van der Waals surface area contributed by atoms with Gasteiger partial charge in [0, 0.05) is 38.4 Å². The Balaban J connectivity index is 2.03. The van der Waals surface area contributed by atoms with Crippen LogP contribution in [-0.2, 0) is 0 Å². The molecule has 0 aromatic heterocycles. The van der Waals surface area contributed by atoms with E-state index in [1.54, 1.807) is 4.90 Å². The lowest BCUT2D eigenvalue weighted by Gasteiger charge is -2.34. The van der Waals surface area contributed by atoms with Gasteiger partial charge in [-0.25, -0.2) is 4.39 Å². The van der Waals surface area contributed by atoms with Crippen LogP contribution in [0.3, 0.4) is 0 Å². The molecule has 1 aliphatic heterocycles. The Morgan fingerprint density at radius 2 is 2.00 bits per heavy atom. The standard InChI is InChI=1S/C13H18FN3O2/c14-10-1-2-12(15)11(9-10)13(19)17-5-3-16(4-6-17)7-8-18/h1-2,9,18H,3-8,15H2. The number of hydrogen-bond donors (Lipinski definition) is 2. The number of β-amino-alcohol motifs (C(OH)–C–C–N with tert-alkyl or cyclic N) is 1. The molecule has 1 aliphatic rings. The van der Waals surface area contributed by atoms with Crippen molar-refractivity contribution in [3.8, 4) is 0 Å². The van der Waals surface area contributed by atoms with Crippen molar-refractivity contribution in [3.05, 3.63) is 29.6 Å². The van der Waals surface area contributed by atoms with Gasteiger partial charge in [0.25, 0.3) is 5.91 Å². The minimum atomic E-state index is -0.462. The third kappa shape index (κ3) is 3.21. The molecule has 1 heterocycles. The number of halogens is 1. The molecule has 1 aromatic rings. The van der Waals surface area contributed by atoms with Crippen molar-refractivity contribution in [2.75, 3.05) is 45.1 Å². The first-order valence-electron chi connectivity index (χ1n) is 6.29. The van der Waals surface area contributed by atoms with Gasteiger partial charge in [0.15, 0.2) is 0 Å². The number of anilines is 1. The van der Waals surface area contributed by atoms with Crippen molar-refractivity contribution < 1.29 is 14.3 Å². The van der Waals surface area contributed by atoms with E-state index in [4.69, 9.17) is 10.8 Å². The molecule has 2 rings (SSSR count). The molecule has 19 heavy (non-hydrogen) atoms. The summed E-state index contributed by atoms with van der Waals surface area (Å²) in [4.78, 5) is 16.0. The molecular weight excluding hydrogens is 249 g/mol. The first kappa shape index (κ1) is 13.8. The highest BCUT2D eigenvalue weighted by Gasteiger charge is 2.23. The molecule has 0 saturated carbocycles. The lowest BCUT2D eigenvalue weighted by Crippen LogP contribution is -2.49. The molecule has 1 amide bonds. The third-order valence-electron chi connectivity index (χ3n) is 3.32. The molecule has 5 nitrogen and oxygen atoms in total. The SMILES string of the molecule is Nc1ccc(F)cc1C(=O)N1CCN(CCO)CC1. The monoisotopic (exact) mass is 267 g/mol. The molecular formula is C13H18FN3O2. The quantitative estimate of drug-likeness (QED) is 0.765. The van der Waals surface area contributed by atoms with E-state index in [-0.39, 0.29) is 18.1 Å². The number of amides is 1. The summed E-state index contributed by atoms with van der Waals surface area (Å²) in [7, 11) is 0. The van der Waals surface area contributed by atoms with Crippen LogP contribution in [0.5, 0.6) is 0 Å². The lowest BCUT2D eigenvalue weighted by molar-refractivity contribution is 0.0615. The maximum atomic E-state index is 13.2. The summed E-state index contributed by atoms with van der Waals surface area (Å²) in [6, 6.07) is 3.83. The zero-order valence-corrected chi connectivity index (χ0v) is 10.7. The molecule has 3 N–H and O–H groups in total. The predicted molar refractivity (Wildman–Crippen MR) is 70.2 cm³/mol. The number of carbonyl (C=O) groups excluding carboxylic acids is 1. The van der Waals surface area contributed by atoms with Crippen molar-refractivity contribution in [1.29, 1.82) is 0 Å². The molecule has 0 aliphatic carbocycles. The van der Waals surface area contributed by atoms with Gasteiger partial charge in [-0.3, -0.25) is 9.69 Å². The maximum Gasteiger partial charge on any atom is 0.256 e. The van der Waals surface area contributed by atoms with Crippen LogP contribution in [0.2, 0.25) is 0 Å². The minimum absolute atomic E-state index is 0.116. The molecule has 0 unspecified atom stereocenters. The second-order valence-electron chi connectivity index (χ2n) is 4.59. The van der Waals surface area contributed by atoms with Crippen LogP contribution >= 0.6 is 0 Å². The van der Waals surface area contributed by atoms with Crippen LogP contribution in [0.1, 0.15) is 10.4 Å². The second kappa shape index (κ2) is 5.99. The number of benzene rings is 1. The van der Waals surface area contributed by atoms with E-state index in [0.717, 1.165) is 0 Å². The first-order chi connectivity index (χ1) is 9.11. The van der Waals surface area contributed by atoms with Gasteiger partial charge in [-0.2, -0.15) is 0 Å². The number of rotatable bonds is 3. The zero-order chi connectivity index (χ0) is 13.8. The number of hydrogen-bond acceptors (Lipinski definition) is 4. The zero-order valence-electron chi connectivity index (χ0n) is 10.7. The predicted octanol–water partition coefficient (Wildman–Crippen LogP) is 0.158. The fourth-order valence-corrected chi connectivity index (χ4v) is 2.20. The molecule has 0 radical (unpaired) electrons. The van der Waals surface area contributed by atoms with Gasteiger partial charge in [0.1, 0.15) is 5.82 Å². The molecule has 0 atom stereocenters. The smallest absolute Gasteiger partial charge is 0.256 e. The van der Waals surface area contributed by atoms with E-state index >= 15 is 0 Å². The van der Waals surface area contributed by atoms with E-state index in [1.807, 2.05) is 0 Å². The molecule has 6 heteroatoms. The van der Waals surface area contributed by atoms with Crippen LogP contribution in [0.15, 0.2) is 18.2 Å². The van der Waals surface area contributed by atoms with Crippen LogP contribution in [0.4, 0.5) is 10.1 Å². The molecule has 1 fully saturated rings. The van der Waals surface area contributed by atoms with E-state index in [0.29, 0.717) is 38.4 Å². The summed E-state index contributed by atoms with van der Waals surface area (Å²) in [5.74, 6) is -0.697. The van der Waals surface area contributed by atoms with Gasteiger partial charge in [-0.05, 0) is 18.2 Å². The second-order valence-corrected chi connectivity index (χ2v) is 4.59. The minimum Gasteiger partial charge on any atom is -0.398 e. The summed E-state index contributed by atoms with van der Waals surface area (Å²) >= 11 is 0. The van der Waals surface area contributed by atoms with Crippen molar-refractivity contribution in [2.45, 2.75) is 0 Å². The Morgan fingerprint density at radius 3 is 2.63 bits per heavy atom. The van der Waals surface area contributed by atoms with Gasteiger partial charge in [0.2, 0.25) is 0 Å². The van der Waals surface area contributed by atoms with E-state index in [1.165, 1.54) is 18.2 Å². The highest BCUT2D eigenvalue weighted by atomic mass is 19.1. The number of aliphatic hydroxyl groups is 1. The van der Waals surface area contributed by atoms with E-state index in [9.17, 15) is 9.18 Å². The number of piperazine rings is 1. The Kier molecular flexibility index (Phi) is 4.34. The Hall–Kier alpha value is -1.66. The van der Waals surface area contributed by atoms with Gasteiger partial charge in [-0.1, -0.05) is 0 Å². The Morgan fingerprint density at radius 1 is 1.32 bits per heavy atom. The number of nitrogens with zero attached hydrogens (tertiary/aromatic N) is 2. The topological polar surface area (TPSA) is 69.8 Å². The Bertz CT molecular complexity index is 459. The van der Waals surface area contributed by atoms with Crippen molar-refractivity contribution in [3.63, 3.8) is 0 Å². The largest absolute Gasteiger partial charge is 0.398 e. The normalized spacial score (nSPS) is 16.6. The number of nitrogens with two attached hydrogens (primary N) is 1. The molecule has 104 valence electrons. The highest BCUT2D eigenvalue weighted by Crippen LogP contribution is 2.17. The van der Waals surface area contributed by atoms with Crippen LogP contribution in [0, 0.1) is 5.82 Å². The summed E-state index contributed by atoms with van der Waals surface area (Å²) in [5.41, 5.74) is 6.23. The van der Waals surface area contributed by atoms with Gasteiger partial charge in [0.05, 0.1) is 12.2 Å². The van der Waals surface area contributed by atoms with Gasteiger partial charge < -0.3 is 15.7 Å². The van der Waals surface area contributed by atoms with Crippen molar-refractivity contribution >= 4 is 11.6 Å². The molecule has 0 bridgehead atoms. The maximum absolute atomic E-state index is 13.2. The molecule has 1 aromatic carbocycles. The summed E-state index contributed by atoms with van der Waals surface area (Å²) in [6.45, 7) is 3.28. The summed E-state index contributed by atoms with van der Waals surface area (Å²) in [6.07, 6.45) is 0. The first-order valence-corrected chi connectivity index (χ1v) is 6.29. The van der Waals surface area contributed by atoms with Crippen molar-refractivity contribution in [2.24, 2.45) is 0 Å². The van der Waals surface area contributed by atoms with Crippen LogP contribution < -0.4 is 5.73 Å². The summed E-state index contributed by atoms with van der Waals surface area (Å²) in [5, 5.41) is 8.86.